The summed E-state index contributed by atoms with van der Waals surface area (Å²) in [5.74, 6) is 0.474. The molecule has 0 saturated carbocycles. The Bertz CT molecular complexity index is 253. The van der Waals surface area contributed by atoms with E-state index in [1.165, 1.54) is 12.1 Å². The highest BCUT2D eigenvalue weighted by Crippen LogP contribution is 2.29. The molecule has 0 saturated heterocycles. The second-order valence-electron chi connectivity index (χ2n) is 3.65. The molecule has 0 heterocycles. The van der Waals surface area contributed by atoms with E-state index < -0.39 is 0 Å². The predicted octanol–water partition coefficient (Wildman–Crippen LogP) is 4.31. The fraction of sp³-hybridized carbons (Fsp3) is 0.455. The molecule has 0 radical (unpaired) electrons. The van der Waals surface area contributed by atoms with Crippen LogP contribution in [0.1, 0.15) is 30.7 Å². The summed E-state index contributed by atoms with van der Waals surface area (Å²) in [5.41, 5.74) is 1.15. The van der Waals surface area contributed by atoms with Gasteiger partial charge >= 0.3 is 0 Å². The topological polar surface area (TPSA) is 0 Å². The minimum absolute atomic E-state index is 0.173. The van der Waals surface area contributed by atoms with Crippen molar-refractivity contribution >= 4 is 15.9 Å². The normalized spacial score (nSPS) is 13.3. The Labute approximate surface area is 87.3 Å². The summed E-state index contributed by atoms with van der Waals surface area (Å²) in [5, 5.41) is 0. The average Bonchev–Trinajstić information content (AvgIpc) is 2.04. The molecule has 0 fully saturated rings. The Hall–Kier alpha value is -0.370. The summed E-state index contributed by atoms with van der Waals surface area (Å²) in [4.78, 5) is 0.341. The summed E-state index contributed by atoms with van der Waals surface area (Å²) in [6.45, 7) is 4.36. The molecule has 0 aliphatic carbocycles. The molecule has 1 aromatic rings. The van der Waals surface area contributed by atoms with Crippen LogP contribution in [-0.2, 0) is 0 Å². The fourth-order valence-corrected chi connectivity index (χ4v) is 2.27. The SMILES string of the molecule is CC(C)CC(Br)c1ccc(F)cc1. The van der Waals surface area contributed by atoms with Crippen molar-refractivity contribution in [2.45, 2.75) is 25.1 Å². The molecule has 0 spiro atoms. The van der Waals surface area contributed by atoms with Crippen LogP contribution in [0.5, 0.6) is 0 Å². The number of halogens is 2. The molecule has 0 nitrogen and oxygen atoms in total. The van der Waals surface area contributed by atoms with Gasteiger partial charge in [-0.15, -0.1) is 0 Å². The second-order valence-corrected chi connectivity index (χ2v) is 4.75. The molecule has 0 amide bonds. The van der Waals surface area contributed by atoms with E-state index in [0.717, 1.165) is 12.0 Å². The van der Waals surface area contributed by atoms with Crippen LogP contribution in [0.15, 0.2) is 24.3 Å². The van der Waals surface area contributed by atoms with Crippen LogP contribution in [0.25, 0.3) is 0 Å². The quantitative estimate of drug-likeness (QED) is 0.696. The smallest absolute Gasteiger partial charge is 0.123 e. The van der Waals surface area contributed by atoms with E-state index in [4.69, 9.17) is 0 Å². The second kappa shape index (κ2) is 4.75. The minimum Gasteiger partial charge on any atom is -0.207 e. The predicted molar refractivity (Wildman–Crippen MR) is 57.5 cm³/mol. The van der Waals surface area contributed by atoms with Crippen molar-refractivity contribution in [3.8, 4) is 0 Å². The molecule has 13 heavy (non-hydrogen) atoms. The van der Waals surface area contributed by atoms with Crippen LogP contribution < -0.4 is 0 Å². The van der Waals surface area contributed by atoms with Crippen LogP contribution in [-0.4, -0.2) is 0 Å². The van der Waals surface area contributed by atoms with Crippen molar-refractivity contribution in [3.05, 3.63) is 35.6 Å². The summed E-state index contributed by atoms with van der Waals surface area (Å²) >= 11 is 3.59. The highest BCUT2D eigenvalue weighted by Gasteiger charge is 2.08. The lowest BCUT2D eigenvalue weighted by atomic mass is 10.0. The standard InChI is InChI=1S/C11H14BrF/c1-8(2)7-11(12)9-3-5-10(13)6-4-9/h3-6,8,11H,7H2,1-2H3. The van der Waals surface area contributed by atoms with Gasteiger partial charge in [-0.05, 0) is 30.0 Å². The molecule has 0 bridgehead atoms. The first-order valence-corrected chi connectivity index (χ1v) is 5.40. The van der Waals surface area contributed by atoms with Crippen molar-refractivity contribution < 1.29 is 4.39 Å². The molecule has 1 rings (SSSR count). The van der Waals surface area contributed by atoms with Crippen molar-refractivity contribution in [2.24, 2.45) is 5.92 Å². The molecule has 0 N–H and O–H groups in total. The molecule has 72 valence electrons. The van der Waals surface area contributed by atoms with E-state index in [0.29, 0.717) is 10.7 Å². The third-order valence-electron chi connectivity index (χ3n) is 1.91. The highest BCUT2D eigenvalue weighted by atomic mass is 79.9. The van der Waals surface area contributed by atoms with Gasteiger partial charge in [0.05, 0.1) is 0 Å². The third-order valence-corrected chi connectivity index (χ3v) is 2.81. The average molecular weight is 245 g/mol. The highest BCUT2D eigenvalue weighted by molar-refractivity contribution is 9.09. The van der Waals surface area contributed by atoms with Crippen molar-refractivity contribution in [2.75, 3.05) is 0 Å². The van der Waals surface area contributed by atoms with Crippen molar-refractivity contribution in [3.63, 3.8) is 0 Å². The van der Waals surface area contributed by atoms with Crippen molar-refractivity contribution in [1.82, 2.24) is 0 Å². The van der Waals surface area contributed by atoms with E-state index in [-0.39, 0.29) is 5.82 Å². The fourth-order valence-electron chi connectivity index (χ4n) is 1.22. The summed E-state index contributed by atoms with van der Waals surface area (Å²) in [6, 6.07) is 6.67. The van der Waals surface area contributed by atoms with Crippen LogP contribution in [0.3, 0.4) is 0 Å². The zero-order valence-corrected chi connectivity index (χ0v) is 9.51. The minimum atomic E-state index is -0.173. The molecular formula is C11H14BrF. The van der Waals surface area contributed by atoms with Gasteiger partial charge in [-0.25, -0.2) is 4.39 Å². The Balaban J connectivity index is 2.66. The van der Waals surface area contributed by atoms with Gasteiger partial charge < -0.3 is 0 Å². The lowest BCUT2D eigenvalue weighted by Gasteiger charge is -2.12. The van der Waals surface area contributed by atoms with E-state index in [9.17, 15) is 4.39 Å². The van der Waals surface area contributed by atoms with Crippen LogP contribution >= 0.6 is 15.9 Å². The van der Waals surface area contributed by atoms with Crippen molar-refractivity contribution in [1.29, 1.82) is 0 Å². The number of hydrogen-bond acceptors (Lipinski definition) is 0. The Morgan fingerprint density at radius 1 is 1.23 bits per heavy atom. The summed E-state index contributed by atoms with van der Waals surface area (Å²) in [7, 11) is 0. The van der Waals surface area contributed by atoms with Gasteiger partial charge in [0.1, 0.15) is 5.82 Å². The third kappa shape index (κ3) is 3.47. The summed E-state index contributed by atoms with van der Waals surface area (Å²) in [6.07, 6.45) is 1.08. The number of benzene rings is 1. The molecule has 1 unspecified atom stereocenters. The van der Waals surface area contributed by atoms with Gasteiger partial charge in [0.25, 0.3) is 0 Å². The Morgan fingerprint density at radius 2 is 1.77 bits per heavy atom. The molecule has 2 heteroatoms. The largest absolute Gasteiger partial charge is 0.207 e. The molecule has 0 aliphatic heterocycles. The van der Waals surface area contributed by atoms with Gasteiger partial charge in [-0.2, -0.15) is 0 Å². The van der Waals surface area contributed by atoms with Gasteiger partial charge in [0, 0.05) is 4.83 Å². The maximum atomic E-state index is 12.6. The van der Waals surface area contributed by atoms with Gasteiger partial charge in [0.15, 0.2) is 0 Å². The van der Waals surface area contributed by atoms with Gasteiger partial charge in [-0.1, -0.05) is 41.9 Å². The Morgan fingerprint density at radius 3 is 2.23 bits per heavy atom. The molecule has 1 atom stereocenters. The maximum absolute atomic E-state index is 12.6. The van der Waals surface area contributed by atoms with Gasteiger partial charge in [-0.3, -0.25) is 0 Å². The lowest BCUT2D eigenvalue weighted by molar-refractivity contribution is 0.582. The molecule has 1 aromatic carbocycles. The zero-order valence-electron chi connectivity index (χ0n) is 7.93. The first-order chi connectivity index (χ1) is 6.09. The number of hydrogen-bond donors (Lipinski definition) is 0. The number of alkyl halides is 1. The molecule has 0 aliphatic rings. The first kappa shape index (κ1) is 10.7. The van der Waals surface area contributed by atoms with E-state index in [2.05, 4.69) is 29.8 Å². The van der Waals surface area contributed by atoms with Crippen LogP contribution in [0, 0.1) is 11.7 Å². The summed E-state index contributed by atoms with van der Waals surface area (Å²) < 4.78 is 12.6. The van der Waals surface area contributed by atoms with E-state index >= 15 is 0 Å². The van der Waals surface area contributed by atoms with Crippen LogP contribution in [0.2, 0.25) is 0 Å². The molecular weight excluding hydrogens is 231 g/mol. The Kier molecular flexibility index (Phi) is 3.91. The first-order valence-electron chi connectivity index (χ1n) is 4.49. The van der Waals surface area contributed by atoms with E-state index in [1.54, 1.807) is 0 Å². The zero-order chi connectivity index (χ0) is 9.84. The monoisotopic (exact) mass is 244 g/mol. The van der Waals surface area contributed by atoms with Gasteiger partial charge in [0.2, 0.25) is 0 Å². The lowest BCUT2D eigenvalue weighted by Crippen LogP contribution is -1.95. The maximum Gasteiger partial charge on any atom is 0.123 e. The molecule has 0 aromatic heterocycles. The van der Waals surface area contributed by atoms with E-state index in [1.807, 2.05) is 12.1 Å². The number of rotatable bonds is 3. The van der Waals surface area contributed by atoms with Crippen LogP contribution in [0.4, 0.5) is 4.39 Å².